The smallest absolute Gasteiger partial charge is 0.244 e. The minimum absolute atomic E-state index is 0.0979. The molecule has 1 heterocycles. The van der Waals surface area contributed by atoms with E-state index in [9.17, 15) is 18.0 Å². The van der Waals surface area contributed by atoms with Crippen molar-refractivity contribution in [2.75, 3.05) is 26.7 Å². The molecule has 2 aromatic rings. The molecule has 2 aliphatic rings. The zero-order chi connectivity index (χ0) is 24.1. The fraction of sp³-hybridized carbons (Fsp3) is 0.444. The van der Waals surface area contributed by atoms with Gasteiger partial charge in [0.2, 0.25) is 5.91 Å². The lowest BCUT2D eigenvalue weighted by Gasteiger charge is -2.33. The molecule has 1 saturated carbocycles. The number of carbonyl (C=O) groups is 1. The summed E-state index contributed by atoms with van der Waals surface area (Å²) in [4.78, 5) is 14.8. The molecule has 0 spiro atoms. The molecule has 4 rings (SSSR count). The highest BCUT2D eigenvalue weighted by Crippen LogP contribution is 2.32. The Bertz CT molecular complexity index is 994. The lowest BCUT2D eigenvalue weighted by molar-refractivity contribution is -0.117. The SMILES string of the molecule is COc1ccc(C2CCN(CC3CCC(NC(=O)/C=C/c4cc(F)c(F)c(F)c4)C3)CC2)cc1. The summed E-state index contributed by atoms with van der Waals surface area (Å²) in [6.07, 6.45) is 7.75. The monoisotopic (exact) mass is 472 g/mol. The lowest BCUT2D eigenvalue weighted by atomic mass is 9.89. The van der Waals surface area contributed by atoms with Crippen LogP contribution in [0.2, 0.25) is 0 Å². The molecule has 0 aromatic heterocycles. The molecule has 1 N–H and O–H groups in total. The number of carbonyl (C=O) groups excluding carboxylic acids is 1. The van der Waals surface area contributed by atoms with Gasteiger partial charge >= 0.3 is 0 Å². The second-order valence-corrected chi connectivity index (χ2v) is 9.36. The number of nitrogens with zero attached hydrogens (tertiary/aromatic N) is 1. The van der Waals surface area contributed by atoms with E-state index >= 15 is 0 Å². The molecule has 2 fully saturated rings. The summed E-state index contributed by atoms with van der Waals surface area (Å²) in [6.45, 7) is 3.21. The van der Waals surface area contributed by atoms with Crippen LogP contribution in [0.15, 0.2) is 42.5 Å². The Morgan fingerprint density at radius 1 is 1.06 bits per heavy atom. The van der Waals surface area contributed by atoms with E-state index in [1.54, 1.807) is 7.11 Å². The summed E-state index contributed by atoms with van der Waals surface area (Å²) in [7, 11) is 1.68. The number of hydrogen-bond donors (Lipinski definition) is 1. The molecule has 0 bridgehead atoms. The second kappa shape index (κ2) is 11.1. The van der Waals surface area contributed by atoms with Gasteiger partial charge in [-0.25, -0.2) is 13.2 Å². The highest BCUT2D eigenvalue weighted by Gasteiger charge is 2.29. The van der Waals surface area contributed by atoms with Gasteiger partial charge in [-0.1, -0.05) is 12.1 Å². The number of rotatable bonds is 7. The molecule has 4 nitrogen and oxygen atoms in total. The molecule has 182 valence electrons. The van der Waals surface area contributed by atoms with Crippen molar-refractivity contribution in [3.8, 4) is 5.75 Å². The number of ether oxygens (including phenoxy) is 1. The number of piperidine rings is 1. The summed E-state index contributed by atoms with van der Waals surface area (Å²) in [6, 6.07) is 10.2. The number of halogens is 3. The Labute approximate surface area is 198 Å². The Hall–Kier alpha value is -2.80. The Balaban J connectivity index is 1.19. The van der Waals surface area contributed by atoms with Crippen LogP contribution in [0.5, 0.6) is 5.75 Å². The van der Waals surface area contributed by atoms with Gasteiger partial charge in [-0.2, -0.15) is 0 Å². The number of hydrogen-bond acceptors (Lipinski definition) is 3. The van der Waals surface area contributed by atoms with E-state index in [0.717, 1.165) is 69.6 Å². The third-order valence-electron chi connectivity index (χ3n) is 7.01. The van der Waals surface area contributed by atoms with Crippen LogP contribution < -0.4 is 10.1 Å². The number of likely N-dealkylation sites (tertiary alicyclic amines) is 1. The van der Waals surface area contributed by atoms with E-state index in [1.165, 1.54) is 17.7 Å². The van der Waals surface area contributed by atoms with Crippen molar-refractivity contribution in [1.82, 2.24) is 10.2 Å². The van der Waals surface area contributed by atoms with E-state index in [2.05, 4.69) is 22.3 Å². The summed E-state index contributed by atoms with van der Waals surface area (Å²) < 4.78 is 44.9. The van der Waals surface area contributed by atoms with E-state index < -0.39 is 17.5 Å². The highest BCUT2D eigenvalue weighted by molar-refractivity contribution is 5.91. The zero-order valence-electron chi connectivity index (χ0n) is 19.4. The van der Waals surface area contributed by atoms with Crippen LogP contribution in [0.25, 0.3) is 6.08 Å². The first-order chi connectivity index (χ1) is 16.4. The van der Waals surface area contributed by atoms with Crippen LogP contribution in [0.3, 0.4) is 0 Å². The van der Waals surface area contributed by atoms with Crippen molar-refractivity contribution < 1.29 is 22.7 Å². The van der Waals surface area contributed by atoms with Crippen molar-refractivity contribution >= 4 is 12.0 Å². The molecule has 0 radical (unpaired) electrons. The standard InChI is InChI=1S/C27H31F3N2O2/c1-34-23-7-4-20(5-8-23)21-10-12-32(13-11-21)17-19-2-6-22(14-19)31-26(33)9-3-18-15-24(28)27(30)25(29)16-18/h3-5,7-9,15-16,19,21-22H,2,6,10-14,17H2,1H3,(H,31,33)/b9-3+. The van der Waals surface area contributed by atoms with Crippen LogP contribution in [0.1, 0.15) is 49.1 Å². The first-order valence-electron chi connectivity index (χ1n) is 11.9. The van der Waals surface area contributed by atoms with Gasteiger partial charge in [0.25, 0.3) is 0 Å². The topological polar surface area (TPSA) is 41.6 Å². The fourth-order valence-corrected chi connectivity index (χ4v) is 5.15. The molecule has 1 amide bonds. The Morgan fingerprint density at radius 2 is 1.74 bits per heavy atom. The third kappa shape index (κ3) is 6.20. The summed E-state index contributed by atoms with van der Waals surface area (Å²) >= 11 is 0. The Morgan fingerprint density at radius 3 is 2.38 bits per heavy atom. The molecule has 34 heavy (non-hydrogen) atoms. The highest BCUT2D eigenvalue weighted by atomic mass is 19.2. The predicted octanol–water partition coefficient (Wildman–Crippen LogP) is 5.29. The van der Waals surface area contributed by atoms with E-state index in [4.69, 9.17) is 4.74 Å². The van der Waals surface area contributed by atoms with Gasteiger partial charge in [0.1, 0.15) is 5.75 Å². The maximum atomic E-state index is 13.3. The maximum Gasteiger partial charge on any atom is 0.244 e. The lowest BCUT2D eigenvalue weighted by Crippen LogP contribution is -2.37. The quantitative estimate of drug-likeness (QED) is 0.440. The van der Waals surface area contributed by atoms with Gasteiger partial charge in [0.05, 0.1) is 7.11 Å². The van der Waals surface area contributed by atoms with E-state index in [1.807, 2.05) is 12.1 Å². The first kappa shape index (κ1) is 24.3. The molecule has 1 saturated heterocycles. The van der Waals surface area contributed by atoms with Gasteiger partial charge in [0, 0.05) is 18.7 Å². The zero-order valence-corrected chi connectivity index (χ0v) is 19.4. The molecular weight excluding hydrogens is 441 g/mol. The average Bonchev–Trinajstić information content (AvgIpc) is 3.28. The minimum Gasteiger partial charge on any atom is -0.497 e. The van der Waals surface area contributed by atoms with Crippen LogP contribution in [-0.4, -0.2) is 43.6 Å². The predicted molar refractivity (Wildman–Crippen MR) is 126 cm³/mol. The van der Waals surface area contributed by atoms with Gasteiger partial charge in [-0.05, 0) is 98.5 Å². The molecule has 2 unspecified atom stereocenters. The molecule has 1 aliphatic heterocycles. The molecule has 7 heteroatoms. The van der Waals surface area contributed by atoms with Crippen molar-refractivity contribution in [3.63, 3.8) is 0 Å². The van der Waals surface area contributed by atoms with Crippen LogP contribution in [0.4, 0.5) is 13.2 Å². The van der Waals surface area contributed by atoms with E-state index in [-0.39, 0.29) is 17.5 Å². The minimum atomic E-state index is -1.51. The second-order valence-electron chi connectivity index (χ2n) is 9.36. The number of benzene rings is 2. The maximum absolute atomic E-state index is 13.3. The Kier molecular flexibility index (Phi) is 7.93. The fourth-order valence-electron chi connectivity index (χ4n) is 5.15. The first-order valence-corrected chi connectivity index (χ1v) is 11.9. The normalized spacial score (nSPS) is 21.8. The summed E-state index contributed by atoms with van der Waals surface area (Å²) in [5.74, 6) is -2.34. The van der Waals surface area contributed by atoms with Gasteiger partial charge in [0.15, 0.2) is 17.5 Å². The number of methoxy groups -OCH3 is 1. The van der Waals surface area contributed by atoms with Gasteiger partial charge < -0.3 is 15.0 Å². The van der Waals surface area contributed by atoms with Crippen molar-refractivity contribution in [3.05, 3.63) is 71.1 Å². The molecule has 2 aromatic carbocycles. The third-order valence-corrected chi connectivity index (χ3v) is 7.01. The average molecular weight is 473 g/mol. The van der Waals surface area contributed by atoms with Crippen molar-refractivity contribution in [2.24, 2.45) is 5.92 Å². The number of nitrogens with one attached hydrogen (secondary N) is 1. The molecule has 2 atom stereocenters. The van der Waals surface area contributed by atoms with Gasteiger partial charge in [-0.15, -0.1) is 0 Å². The van der Waals surface area contributed by atoms with Gasteiger partial charge in [-0.3, -0.25) is 4.79 Å². The van der Waals surface area contributed by atoms with Crippen molar-refractivity contribution in [1.29, 1.82) is 0 Å². The number of amides is 1. The van der Waals surface area contributed by atoms with Crippen LogP contribution in [-0.2, 0) is 4.79 Å². The molecule has 1 aliphatic carbocycles. The summed E-state index contributed by atoms with van der Waals surface area (Å²) in [5, 5.41) is 2.98. The van der Waals surface area contributed by atoms with E-state index in [0.29, 0.717) is 11.8 Å². The van der Waals surface area contributed by atoms with Crippen molar-refractivity contribution in [2.45, 2.75) is 44.1 Å². The molecular formula is C27H31F3N2O2. The van der Waals surface area contributed by atoms with Crippen LogP contribution in [0, 0.1) is 23.4 Å². The van der Waals surface area contributed by atoms with Crippen LogP contribution >= 0.6 is 0 Å². The largest absolute Gasteiger partial charge is 0.497 e. The summed E-state index contributed by atoms with van der Waals surface area (Å²) in [5.41, 5.74) is 1.48.